The molecule has 0 aliphatic heterocycles. The molecule has 0 amide bonds. The monoisotopic (exact) mass is 428 g/mol. The van der Waals surface area contributed by atoms with E-state index in [4.69, 9.17) is 0 Å². The first kappa shape index (κ1) is 21.2. The summed E-state index contributed by atoms with van der Waals surface area (Å²) < 4.78 is 0. The van der Waals surface area contributed by atoms with Crippen molar-refractivity contribution in [1.29, 1.82) is 0 Å². The maximum absolute atomic E-state index is 11.7. The smallest absolute Gasteiger partial charge is 0.339 e. The van der Waals surface area contributed by atoms with Crippen LogP contribution in [0.2, 0.25) is 0 Å². The fourth-order valence-electron chi connectivity index (χ4n) is 3.64. The minimum atomic E-state index is -0.969. The zero-order chi connectivity index (χ0) is 22.3. The van der Waals surface area contributed by atoms with Crippen LogP contribution in [-0.2, 0) is 6.54 Å². The molecular weight excluding hydrogens is 404 g/mol. The van der Waals surface area contributed by atoms with Crippen LogP contribution in [0.25, 0.3) is 22.5 Å². The minimum absolute atomic E-state index is 0.217. The van der Waals surface area contributed by atoms with Crippen LogP contribution in [0, 0.1) is 0 Å². The largest absolute Gasteiger partial charge is 0.478 e. The van der Waals surface area contributed by atoms with Crippen molar-refractivity contribution < 1.29 is 9.90 Å². The highest BCUT2D eigenvalue weighted by Gasteiger charge is 2.17. The van der Waals surface area contributed by atoms with Gasteiger partial charge in [0.25, 0.3) is 0 Å². The molecule has 0 unspecified atom stereocenters. The van der Waals surface area contributed by atoms with E-state index in [-0.39, 0.29) is 5.56 Å². The normalized spacial score (nSPS) is 10.8. The van der Waals surface area contributed by atoms with Gasteiger partial charge in [0.2, 0.25) is 5.82 Å². The molecule has 32 heavy (non-hydrogen) atoms. The van der Waals surface area contributed by atoms with Crippen molar-refractivity contribution in [2.45, 2.75) is 26.3 Å². The van der Waals surface area contributed by atoms with Gasteiger partial charge in [-0.3, -0.25) is 0 Å². The molecule has 4 rings (SSSR count). The number of nitrogens with zero attached hydrogens (tertiary/aromatic N) is 5. The van der Waals surface area contributed by atoms with Crippen LogP contribution in [-0.4, -0.2) is 43.2 Å². The Bertz CT molecular complexity index is 1180. The molecule has 0 bridgehead atoms. The van der Waals surface area contributed by atoms with E-state index in [1.807, 2.05) is 29.2 Å². The lowest BCUT2D eigenvalue weighted by molar-refractivity contribution is 0.0697. The van der Waals surface area contributed by atoms with Gasteiger partial charge in [0.05, 0.1) is 0 Å². The Labute approximate surface area is 186 Å². The van der Waals surface area contributed by atoms with Crippen molar-refractivity contribution in [3.63, 3.8) is 0 Å². The molecule has 2 aromatic heterocycles. The van der Waals surface area contributed by atoms with E-state index < -0.39 is 5.97 Å². The summed E-state index contributed by atoms with van der Waals surface area (Å²) in [5, 5.41) is 24.0. The average molecular weight is 428 g/mol. The highest BCUT2D eigenvalue weighted by molar-refractivity contribution is 5.93. The van der Waals surface area contributed by atoms with Gasteiger partial charge in [-0.1, -0.05) is 61.9 Å². The van der Waals surface area contributed by atoms with Gasteiger partial charge in [0.1, 0.15) is 11.4 Å². The summed E-state index contributed by atoms with van der Waals surface area (Å²) in [5.41, 5.74) is 4.25. The molecule has 8 nitrogen and oxygen atoms in total. The molecule has 0 fully saturated rings. The number of benzene rings is 2. The first-order chi connectivity index (χ1) is 15.7. The highest BCUT2D eigenvalue weighted by Crippen LogP contribution is 2.30. The fraction of sp³-hybridized carbons (Fsp3) is 0.208. The lowest BCUT2D eigenvalue weighted by Crippen LogP contribution is -2.26. The number of carboxylic acids is 1. The number of anilines is 1. The van der Waals surface area contributed by atoms with Gasteiger partial charge in [-0.05, 0) is 40.5 Å². The summed E-state index contributed by atoms with van der Waals surface area (Å²) in [4.78, 5) is 18.1. The van der Waals surface area contributed by atoms with Crippen molar-refractivity contribution in [2.75, 3.05) is 11.4 Å². The van der Waals surface area contributed by atoms with Crippen molar-refractivity contribution >= 4 is 11.8 Å². The maximum atomic E-state index is 11.7. The molecule has 2 aromatic carbocycles. The molecule has 4 aromatic rings. The summed E-state index contributed by atoms with van der Waals surface area (Å²) in [5.74, 6) is 0.0785. The van der Waals surface area contributed by atoms with E-state index in [2.05, 4.69) is 56.8 Å². The second kappa shape index (κ2) is 9.82. The molecule has 2 N–H and O–H groups in total. The van der Waals surface area contributed by atoms with E-state index >= 15 is 0 Å². The van der Waals surface area contributed by atoms with Crippen molar-refractivity contribution in [1.82, 2.24) is 25.6 Å². The molecule has 8 heteroatoms. The molecule has 0 radical (unpaired) electrons. The Morgan fingerprint density at radius 3 is 2.50 bits per heavy atom. The SMILES string of the molecule is CCCCN(Cc1ccc(-c2ccccc2-c2nn[nH]n2)cc1)c1ncccc1C(=O)O. The number of hydrogen-bond donors (Lipinski definition) is 2. The maximum Gasteiger partial charge on any atom is 0.339 e. The number of pyridine rings is 1. The molecule has 0 saturated heterocycles. The number of nitrogens with one attached hydrogen (secondary N) is 1. The van der Waals surface area contributed by atoms with Crippen LogP contribution >= 0.6 is 0 Å². The van der Waals surface area contributed by atoms with E-state index in [0.29, 0.717) is 18.2 Å². The topological polar surface area (TPSA) is 108 Å². The second-order valence-corrected chi connectivity index (χ2v) is 7.43. The Hall–Kier alpha value is -4.07. The predicted octanol–water partition coefficient (Wildman–Crippen LogP) is 4.43. The van der Waals surface area contributed by atoms with Gasteiger partial charge < -0.3 is 10.0 Å². The van der Waals surface area contributed by atoms with Crippen LogP contribution in [0.15, 0.2) is 66.9 Å². The number of rotatable bonds is 9. The van der Waals surface area contributed by atoms with Gasteiger partial charge in [-0.15, -0.1) is 10.2 Å². The molecule has 0 spiro atoms. The van der Waals surface area contributed by atoms with Crippen LogP contribution in [0.4, 0.5) is 5.82 Å². The number of tetrazole rings is 1. The minimum Gasteiger partial charge on any atom is -0.478 e. The van der Waals surface area contributed by atoms with E-state index in [0.717, 1.165) is 41.6 Å². The average Bonchev–Trinajstić information content (AvgIpc) is 3.37. The third-order valence-electron chi connectivity index (χ3n) is 5.25. The standard InChI is InChI=1S/C24H24N6O2/c1-2-3-15-30(23-21(24(31)32)9-6-14-25-23)16-17-10-12-18(13-11-17)19-7-4-5-8-20(19)22-26-28-29-27-22/h4-14H,2-3,15-16H2,1H3,(H,31,32)(H,26,27,28,29). The Morgan fingerprint density at radius 2 is 1.81 bits per heavy atom. The Balaban J connectivity index is 1.61. The second-order valence-electron chi connectivity index (χ2n) is 7.43. The summed E-state index contributed by atoms with van der Waals surface area (Å²) in [6.07, 6.45) is 3.60. The van der Waals surface area contributed by atoms with Gasteiger partial charge >= 0.3 is 5.97 Å². The highest BCUT2D eigenvalue weighted by atomic mass is 16.4. The first-order valence-corrected chi connectivity index (χ1v) is 10.5. The van der Waals surface area contributed by atoms with E-state index in [9.17, 15) is 9.90 Å². The van der Waals surface area contributed by atoms with Gasteiger partial charge in [0, 0.05) is 24.8 Å². The zero-order valence-electron chi connectivity index (χ0n) is 17.8. The van der Waals surface area contributed by atoms with Crippen LogP contribution < -0.4 is 4.90 Å². The Kier molecular flexibility index (Phi) is 6.50. The number of carbonyl (C=O) groups is 1. The molecule has 0 saturated carbocycles. The third kappa shape index (κ3) is 4.64. The molecule has 162 valence electrons. The first-order valence-electron chi connectivity index (χ1n) is 10.5. The van der Waals surface area contributed by atoms with Gasteiger partial charge in [-0.2, -0.15) is 5.21 Å². The number of aromatic carboxylic acids is 1. The van der Waals surface area contributed by atoms with Crippen LogP contribution in [0.5, 0.6) is 0 Å². The summed E-state index contributed by atoms with van der Waals surface area (Å²) >= 11 is 0. The van der Waals surface area contributed by atoms with E-state index in [1.54, 1.807) is 18.3 Å². The summed E-state index contributed by atoms with van der Waals surface area (Å²) in [6.45, 7) is 3.42. The lowest BCUT2D eigenvalue weighted by Gasteiger charge is -2.25. The molecule has 0 atom stereocenters. The third-order valence-corrected chi connectivity index (χ3v) is 5.25. The molecule has 2 heterocycles. The molecule has 0 aliphatic rings. The zero-order valence-corrected chi connectivity index (χ0v) is 17.8. The number of aromatic nitrogens is 5. The van der Waals surface area contributed by atoms with Crippen molar-refractivity contribution in [3.8, 4) is 22.5 Å². The Morgan fingerprint density at radius 1 is 1.03 bits per heavy atom. The lowest BCUT2D eigenvalue weighted by atomic mass is 9.98. The van der Waals surface area contributed by atoms with Crippen LogP contribution in [0.3, 0.4) is 0 Å². The van der Waals surface area contributed by atoms with E-state index in [1.165, 1.54) is 0 Å². The van der Waals surface area contributed by atoms with Gasteiger partial charge in [-0.25, -0.2) is 9.78 Å². The predicted molar refractivity (Wildman–Crippen MR) is 122 cm³/mol. The summed E-state index contributed by atoms with van der Waals surface area (Å²) in [6, 6.07) is 19.4. The molecule has 0 aliphatic carbocycles. The number of carboxylic acid groups (broad SMARTS) is 1. The van der Waals surface area contributed by atoms with Gasteiger partial charge in [0.15, 0.2) is 0 Å². The summed E-state index contributed by atoms with van der Waals surface area (Å²) in [7, 11) is 0. The van der Waals surface area contributed by atoms with Crippen molar-refractivity contribution in [2.24, 2.45) is 0 Å². The molecular formula is C24H24N6O2. The van der Waals surface area contributed by atoms with Crippen LogP contribution in [0.1, 0.15) is 35.7 Å². The number of unbranched alkanes of at least 4 members (excludes halogenated alkanes) is 1. The fourth-order valence-corrected chi connectivity index (χ4v) is 3.64. The number of hydrogen-bond acceptors (Lipinski definition) is 6. The van der Waals surface area contributed by atoms with Crippen molar-refractivity contribution in [3.05, 3.63) is 78.0 Å². The number of aromatic amines is 1. The quantitative estimate of drug-likeness (QED) is 0.406. The number of H-pyrrole nitrogens is 1.